The number of carboxylic acid groups (broad SMARTS) is 1. The van der Waals surface area contributed by atoms with Crippen molar-refractivity contribution in [3.63, 3.8) is 0 Å². The normalized spacial score (nSPS) is 11.9. The van der Waals surface area contributed by atoms with Gasteiger partial charge in [-0.2, -0.15) is 0 Å². The molecular formula is C10H15NO5S. The lowest BCUT2D eigenvalue weighted by atomic mass is 10.5. The monoisotopic (exact) mass is 261 g/mol. The minimum absolute atomic E-state index is 0.0578. The summed E-state index contributed by atoms with van der Waals surface area (Å²) in [5, 5.41) is 8.33. The molecule has 0 saturated heterocycles. The maximum absolute atomic E-state index is 11.7. The van der Waals surface area contributed by atoms with Crippen LogP contribution in [0.15, 0.2) is 21.6 Å². The average Bonchev–Trinajstić information content (AvgIpc) is 2.65. The van der Waals surface area contributed by atoms with Crippen LogP contribution in [0.4, 0.5) is 0 Å². The molecule has 0 bridgehead atoms. The van der Waals surface area contributed by atoms with Crippen LogP contribution in [-0.2, 0) is 9.84 Å². The molecule has 1 aromatic rings. The van der Waals surface area contributed by atoms with E-state index >= 15 is 0 Å². The Morgan fingerprint density at radius 3 is 2.53 bits per heavy atom. The Hall–Kier alpha value is -1.34. The van der Waals surface area contributed by atoms with E-state index in [4.69, 9.17) is 9.52 Å². The molecule has 96 valence electrons. The van der Waals surface area contributed by atoms with Gasteiger partial charge in [0.05, 0.1) is 5.75 Å². The largest absolute Gasteiger partial charge is 0.475 e. The number of hydrogen-bond donors (Lipinski definition) is 1. The predicted octanol–water partition coefficient (Wildman–Crippen LogP) is 0.703. The van der Waals surface area contributed by atoms with Gasteiger partial charge in [0.15, 0.2) is 0 Å². The van der Waals surface area contributed by atoms with Crippen LogP contribution in [0.5, 0.6) is 0 Å². The van der Waals surface area contributed by atoms with Crippen LogP contribution in [0.25, 0.3) is 0 Å². The molecule has 1 aromatic heterocycles. The third-order valence-corrected chi connectivity index (χ3v) is 3.78. The van der Waals surface area contributed by atoms with E-state index in [1.807, 2.05) is 19.0 Å². The molecule has 0 aromatic carbocycles. The number of furan rings is 1. The quantitative estimate of drug-likeness (QED) is 0.811. The van der Waals surface area contributed by atoms with Gasteiger partial charge in [-0.3, -0.25) is 0 Å². The zero-order valence-electron chi connectivity index (χ0n) is 9.71. The number of aromatic carboxylic acids is 1. The van der Waals surface area contributed by atoms with Crippen molar-refractivity contribution in [2.45, 2.75) is 11.5 Å². The van der Waals surface area contributed by atoms with Gasteiger partial charge in [-0.25, -0.2) is 13.2 Å². The van der Waals surface area contributed by atoms with Crippen LogP contribution in [0.1, 0.15) is 17.0 Å². The summed E-state index contributed by atoms with van der Waals surface area (Å²) in [5.74, 6) is -1.70. The minimum atomic E-state index is -3.53. The van der Waals surface area contributed by atoms with Crippen molar-refractivity contribution in [1.29, 1.82) is 0 Å². The van der Waals surface area contributed by atoms with Gasteiger partial charge in [-0.05, 0) is 39.2 Å². The molecule has 0 aliphatic carbocycles. The van der Waals surface area contributed by atoms with E-state index in [0.29, 0.717) is 13.0 Å². The third-order valence-electron chi connectivity index (χ3n) is 2.12. The number of sulfone groups is 1. The van der Waals surface area contributed by atoms with Crippen LogP contribution in [0.2, 0.25) is 0 Å². The molecule has 0 aliphatic rings. The Kier molecular flexibility index (Phi) is 4.30. The summed E-state index contributed by atoms with van der Waals surface area (Å²) >= 11 is 0. The van der Waals surface area contributed by atoms with E-state index in [1.54, 1.807) is 0 Å². The topological polar surface area (TPSA) is 87.8 Å². The van der Waals surface area contributed by atoms with Crippen molar-refractivity contribution in [3.05, 3.63) is 17.9 Å². The Morgan fingerprint density at radius 2 is 2.06 bits per heavy atom. The molecule has 7 heteroatoms. The highest BCUT2D eigenvalue weighted by molar-refractivity contribution is 7.91. The average molecular weight is 261 g/mol. The fourth-order valence-corrected chi connectivity index (χ4v) is 2.48. The second-order valence-electron chi connectivity index (χ2n) is 3.90. The Bertz CT molecular complexity index is 489. The van der Waals surface area contributed by atoms with Crippen LogP contribution >= 0.6 is 0 Å². The minimum Gasteiger partial charge on any atom is -0.475 e. The zero-order chi connectivity index (χ0) is 13.1. The van der Waals surface area contributed by atoms with E-state index in [2.05, 4.69) is 0 Å². The van der Waals surface area contributed by atoms with Gasteiger partial charge in [0.2, 0.25) is 20.7 Å². The molecular weight excluding hydrogens is 246 g/mol. The second-order valence-corrected chi connectivity index (χ2v) is 5.94. The van der Waals surface area contributed by atoms with Crippen molar-refractivity contribution < 1.29 is 22.7 Å². The van der Waals surface area contributed by atoms with E-state index < -0.39 is 15.8 Å². The van der Waals surface area contributed by atoms with Gasteiger partial charge < -0.3 is 14.4 Å². The number of carboxylic acids is 1. The van der Waals surface area contributed by atoms with E-state index in [1.165, 1.54) is 6.07 Å². The Labute approximate surface area is 99.8 Å². The van der Waals surface area contributed by atoms with E-state index in [9.17, 15) is 13.2 Å². The molecule has 0 unspecified atom stereocenters. The lowest BCUT2D eigenvalue weighted by Gasteiger charge is -2.08. The van der Waals surface area contributed by atoms with Gasteiger partial charge in [-0.1, -0.05) is 0 Å². The maximum atomic E-state index is 11.7. The van der Waals surface area contributed by atoms with Crippen molar-refractivity contribution in [1.82, 2.24) is 4.90 Å². The number of carbonyl (C=O) groups is 1. The van der Waals surface area contributed by atoms with Crippen LogP contribution in [-0.4, -0.2) is 50.8 Å². The van der Waals surface area contributed by atoms with Crippen molar-refractivity contribution in [2.24, 2.45) is 0 Å². The van der Waals surface area contributed by atoms with Crippen molar-refractivity contribution in [3.8, 4) is 0 Å². The Balaban J connectivity index is 2.72. The highest BCUT2D eigenvalue weighted by atomic mass is 32.2. The molecule has 0 spiro atoms. The molecule has 0 aliphatic heterocycles. The summed E-state index contributed by atoms with van der Waals surface area (Å²) in [5.41, 5.74) is 0. The standard InChI is InChI=1S/C10H15NO5S/c1-11(2)6-3-7-17(14,15)9-5-4-8(16-9)10(12)13/h4-5H,3,6-7H2,1-2H3,(H,12,13). The molecule has 0 fully saturated rings. The highest BCUT2D eigenvalue weighted by Crippen LogP contribution is 2.16. The first-order valence-electron chi connectivity index (χ1n) is 5.03. The van der Waals surface area contributed by atoms with Crippen molar-refractivity contribution >= 4 is 15.8 Å². The SMILES string of the molecule is CN(C)CCCS(=O)(=O)c1ccc(C(=O)O)o1. The lowest BCUT2D eigenvalue weighted by Crippen LogP contribution is -2.17. The van der Waals surface area contributed by atoms with Crippen LogP contribution < -0.4 is 0 Å². The molecule has 17 heavy (non-hydrogen) atoms. The number of rotatable bonds is 6. The van der Waals surface area contributed by atoms with Gasteiger partial charge in [-0.15, -0.1) is 0 Å². The molecule has 0 amide bonds. The highest BCUT2D eigenvalue weighted by Gasteiger charge is 2.20. The van der Waals surface area contributed by atoms with Gasteiger partial charge in [0.25, 0.3) is 0 Å². The molecule has 0 radical (unpaired) electrons. The Morgan fingerprint density at radius 1 is 1.41 bits per heavy atom. The van der Waals surface area contributed by atoms with Gasteiger partial charge in [0.1, 0.15) is 0 Å². The summed E-state index contributed by atoms with van der Waals surface area (Å²) in [4.78, 5) is 12.4. The van der Waals surface area contributed by atoms with E-state index in [-0.39, 0.29) is 16.6 Å². The summed E-state index contributed by atoms with van der Waals surface area (Å²) in [7, 11) is 0.173. The van der Waals surface area contributed by atoms with Gasteiger partial charge in [0, 0.05) is 0 Å². The molecule has 1 rings (SSSR count). The summed E-state index contributed by atoms with van der Waals surface area (Å²) in [6.45, 7) is 0.645. The second kappa shape index (κ2) is 5.33. The first-order chi connectivity index (χ1) is 7.83. The lowest BCUT2D eigenvalue weighted by molar-refractivity contribution is 0.0656. The van der Waals surface area contributed by atoms with Crippen LogP contribution in [0, 0.1) is 0 Å². The molecule has 6 nitrogen and oxygen atoms in total. The molecule has 0 atom stereocenters. The van der Waals surface area contributed by atoms with Crippen LogP contribution in [0.3, 0.4) is 0 Å². The summed E-state index contributed by atoms with van der Waals surface area (Å²) in [6, 6.07) is 2.32. The fourth-order valence-electron chi connectivity index (χ4n) is 1.27. The zero-order valence-corrected chi connectivity index (χ0v) is 10.5. The molecule has 1 heterocycles. The first kappa shape index (κ1) is 13.7. The summed E-state index contributed by atoms with van der Waals surface area (Å²) < 4.78 is 28.3. The molecule has 1 N–H and O–H groups in total. The number of nitrogens with zero attached hydrogens (tertiary/aromatic N) is 1. The smallest absolute Gasteiger partial charge is 0.371 e. The fraction of sp³-hybridized carbons (Fsp3) is 0.500. The first-order valence-corrected chi connectivity index (χ1v) is 6.69. The molecule has 0 saturated carbocycles. The number of hydrogen-bond acceptors (Lipinski definition) is 5. The predicted molar refractivity (Wildman–Crippen MR) is 60.9 cm³/mol. The third kappa shape index (κ3) is 3.86. The van der Waals surface area contributed by atoms with Gasteiger partial charge >= 0.3 is 5.97 Å². The summed E-state index contributed by atoms with van der Waals surface area (Å²) in [6.07, 6.45) is 0.471. The maximum Gasteiger partial charge on any atom is 0.371 e. The van der Waals surface area contributed by atoms with Crippen molar-refractivity contribution in [2.75, 3.05) is 26.4 Å². The van der Waals surface area contributed by atoms with E-state index in [0.717, 1.165) is 6.07 Å².